The number of rotatable bonds is 5. The van der Waals surface area contributed by atoms with Gasteiger partial charge in [0, 0.05) is 11.3 Å². The third kappa shape index (κ3) is 4.16. The van der Waals surface area contributed by atoms with Gasteiger partial charge in [-0.15, -0.1) is 0 Å². The Labute approximate surface area is 118 Å². The summed E-state index contributed by atoms with van der Waals surface area (Å²) in [6.45, 7) is 4.95. The molecule has 0 aromatic carbocycles. The van der Waals surface area contributed by atoms with Crippen LogP contribution in [-0.2, 0) is 0 Å². The maximum Gasteiger partial charge on any atom is 0.0281 e. The number of hydrogen-bond acceptors (Lipinski definition) is 2. The van der Waals surface area contributed by atoms with E-state index < -0.39 is 0 Å². The molecule has 2 saturated carbocycles. The summed E-state index contributed by atoms with van der Waals surface area (Å²) in [5.41, 5.74) is 0. The topological polar surface area (TPSA) is 12.0 Å². The monoisotopic (exact) mass is 269 g/mol. The van der Waals surface area contributed by atoms with Crippen LogP contribution < -0.4 is 5.32 Å². The molecule has 2 atom stereocenters. The van der Waals surface area contributed by atoms with Crippen molar-refractivity contribution in [3.63, 3.8) is 0 Å². The van der Waals surface area contributed by atoms with E-state index in [0.717, 1.165) is 11.8 Å². The second-order valence-electron chi connectivity index (χ2n) is 6.72. The van der Waals surface area contributed by atoms with Gasteiger partial charge in [-0.25, -0.2) is 0 Å². The minimum Gasteiger partial charge on any atom is -0.315 e. The molecule has 2 aliphatic carbocycles. The Bertz CT molecular complexity index is 235. The Morgan fingerprint density at radius 1 is 1.11 bits per heavy atom. The second kappa shape index (κ2) is 7.19. The first-order valence-corrected chi connectivity index (χ1v) is 9.22. The first-order chi connectivity index (χ1) is 8.74. The van der Waals surface area contributed by atoms with Gasteiger partial charge in [-0.3, -0.25) is 0 Å². The highest BCUT2D eigenvalue weighted by molar-refractivity contribution is 8.00. The van der Waals surface area contributed by atoms with Crippen molar-refractivity contribution < 1.29 is 0 Å². The molecule has 0 aromatic heterocycles. The smallest absolute Gasteiger partial charge is 0.0281 e. The molecular formula is C16H31NS. The Balaban J connectivity index is 1.69. The molecule has 2 aliphatic rings. The van der Waals surface area contributed by atoms with Crippen molar-refractivity contribution in [2.75, 3.05) is 19.3 Å². The van der Waals surface area contributed by atoms with E-state index in [1.54, 1.807) is 0 Å². The van der Waals surface area contributed by atoms with Crippen LogP contribution >= 0.6 is 11.8 Å². The van der Waals surface area contributed by atoms with Gasteiger partial charge in [-0.2, -0.15) is 11.8 Å². The summed E-state index contributed by atoms with van der Waals surface area (Å²) in [6.07, 6.45) is 15.4. The fourth-order valence-electron chi connectivity index (χ4n) is 3.90. The van der Waals surface area contributed by atoms with Crippen LogP contribution in [0.2, 0.25) is 0 Å². The van der Waals surface area contributed by atoms with Crippen LogP contribution in [0.4, 0.5) is 0 Å². The molecule has 0 amide bonds. The average molecular weight is 269 g/mol. The number of thioether (sulfide) groups is 1. The molecule has 0 aromatic rings. The molecule has 0 radical (unpaired) electrons. The number of nitrogens with one attached hydrogen (secondary N) is 1. The number of hydrogen-bond donors (Lipinski definition) is 1. The summed E-state index contributed by atoms with van der Waals surface area (Å²) >= 11 is 2.12. The highest BCUT2D eigenvalue weighted by Crippen LogP contribution is 2.38. The molecule has 2 fully saturated rings. The lowest BCUT2D eigenvalue weighted by Crippen LogP contribution is -2.41. The van der Waals surface area contributed by atoms with E-state index in [4.69, 9.17) is 0 Å². The van der Waals surface area contributed by atoms with Crippen LogP contribution in [0.1, 0.15) is 64.7 Å². The van der Waals surface area contributed by atoms with Crippen LogP contribution in [0.3, 0.4) is 0 Å². The van der Waals surface area contributed by atoms with Crippen LogP contribution in [0.15, 0.2) is 0 Å². The highest BCUT2D eigenvalue weighted by atomic mass is 32.2. The van der Waals surface area contributed by atoms with Gasteiger partial charge in [-0.1, -0.05) is 39.0 Å². The summed E-state index contributed by atoms with van der Waals surface area (Å²) in [6, 6.07) is 0. The molecule has 106 valence electrons. The van der Waals surface area contributed by atoms with E-state index in [2.05, 4.69) is 30.3 Å². The predicted molar refractivity (Wildman–Crippen MR) is 83.3 cm³/mol. The predicted octanol–water partition coefficient (Wildman–Crippen LogP) is 4.47. The van der Waals surface area contributed by atoms with Gasteiger partial charge in [0.05, 0.1) is 0 Å². The van der Waals surface area contributed by atoms with Gasteiger partial charge in [0.15, 0.2) is 0 Å². The largest absolute Gasteiger partial charge is 0.315 e. The van der Waals surface area contributed by atoms with E-state index in [1.165, 1.54) is 70.9 Å². The molecule has 2 rings (SSSR count). The SMILES string of the molecule is CSC1(CNCC2CCCC(C)C2)CCCCC1. The van der Waals surface area contributed by atoms with Crippen molar-refractivity contribution >= 4 is 11.8 Å². The van der Waals surface area contributed by atoms with Crippen LogP contribution in [-0.4, -0.2) is 24.1 Å². The molecule has 0 saturated heterocycles. The summed E-state index contributed by atoms with van der Waals surface area (Å²) < 4.78 is 0.568. The lowest BCUT2D eigenvalue weighted by molar-refractivity contribution is 0.268. The Morgan fingerprint density at radius 3 is 2.56 bits per heavy atom. The van der Waals surface area contributed by atoms with Gasteiger partial charge < -0.3 is 5.32 Å². The van der Waals surface area contributed by atoms with Gasteiger partial charge in [0.1, 0.15) is 0 Å². The fourth-order valence-corrected chi connectivity index (χ4v) is 4.84. The minimum atomic E-state index is 0.568. The first-order valence-electron chi connectivity index (χ1n) is 8.00. The van der Waals surface area contributed by atoms with Crippen molar-refractivity contribution in [2.24, 2.45) is 11.8 Å². The third-order valence-electron chi connectivity index (χ3n) is 5.12. The zero-order valence-corrected chi connectivity index (χ0v) is 13.2. The van der Waals surface area contributed by atoms with Crippen molar-refractivity contribution in [2.45, 2.75) is 69.5 Å². The van der Waals surface area contributed by atoms with Gasteiger partial charge in [0.25, 0.3) is 0 Å². The van der Waals surface area contributed by atoms with E-state index in [0.29, 0.717) is 4.75 Å². The van der Waals surface area contributed by atoms with Crippen molar-refractivity contribution in [3.05, 3.63) is 0 Å². The molecule has 2 heteroatoms. The summed E-state index contributed by atoms with van der Waals surface area (Å²) in [5.74, 6) is 1.92. The minimum absolute atomic E-state index is 0.568. The molecule has 18 heavy (non-hydrogen) atoms. The molecular weight excluding hydrogens is 238 g/mol. The van der Waals surface area contributed by atoms with Gasteiger partial charge in [0.2, 0.25) is 0 Å². The average Bonchev–Trinajstić information content (AvgIpc) is 2.40. The third-order valence-corrected chi connectivity index (χ3v) is 6.54. The van der Waals surface area contributed by atoms with E-state index in [1.807, 2.05) is 0 Å². The molecule has 1 N–H and O–H groups in total. The fraction of sp³-hybridized carbons (Fsp3) is 1.00. The lowest BCUT2D eigenvalue weighted by Gasteiger charge is -2.37. The molecule has 0 bridgehead atoms. The summed E-state index contributed by atoms with van der Waals surface area (Å²) in [4.78, 5) is 0. The van der Waals surface area contributed by atoms with E-state index >= 15 is 0 Å². The maximum absolute atomic E-state index is 3.82. The second-order valence-corrected chi connectivity index (χ2v) is 7.99. The summed E-state index contributed by atoms with van der Waals surface area (Å²) in [5, 5.41) is 3.82. The lowest BCUT2D eigenvalue weighted by atomic mass is 9.82. The van der Waals surface area contributed by atoms with Gasteiger partial charge in [-0.05, 0) is 50.3 Å². The van der Waals surface area contributed by atoms with Crippen molar-refractivity contribution in [3.8, 4) is 0 Å². The highest BCUT2D eigenvalue weighted by Gasteiger charge is 2.31. The molecule has 0 heterocycles. The molecule has 0 spiro atoms. The Morgan fingerprint density at radius 2 is 1.89 bits per heavy atom. The van der Waals surface area contributed by atoms with Crippen LogP contribution in [0, 0.1) is 11.8 Å². The van der Waals surface area contributed by atoms with E-state index in [9.17, 15) is 0 Å². The normalized spacial score (nSPS) is 32.3. The van der Waals surface area contributed by atoms with Gasteiger partial charge >= 0.3 is 0 Å². The molecule has 2 unspecified atom stereocenters. The maximum atomic E-state index is 3.82. The Kier molecular flexibility index (Phi) is 5.88. The van der Waals surface area contributed by atoms with Crippen LogP contribution in [0.5, 0.6) is 0 Å². The van der Waals surface area contributed by atoms with Crippen molar-refractivity contribution in [1.29, 1.82) is 0 Å². The Hall–Kier alpha value is 0.310. The molecule has 1 nitrogen and oxygen atoms in total. The standard InChI is InChI=1S/C16H31NS/c1-14-7-6-8-15(11-14)12-17-13-16(18-2)9-4-3-5-10-16/h14-15,17H,3-13H2,1-2H3. The van der Waals surface area contributed by atoms with Crippen LogP contribution in [0.25, 0.3) is 0 Å². The van der Waals surface area contributed by atoms with E-state index in [-0.39, 0.29) is 0 Å². The first kappa shape index (κ1) is 14.7. The quantitative estimate of drug-likeness (QED) is 0.790. The zero-order chi connectivity index (χ0) is 12.8. The summed E-state index contributed by atoms with van der Waals surface area (Å²) in [7, 11) is 0. The molecule has 0 aliphatic heterocycles. The zero-order valence-electron chi connectivity index (χ0n) is 12.3. The van der Waals surface area contributed by atoms with Crippen molar-refractivity contribution in [1.82, 2.24) is 5.32 Å².